The summed E-state index contributed by atoms with van der Waals surface area (Å²) in [5.41, 5.74) is -1.33. The van der Waals surface area contributed by atoms with Crippen molar-refractivity contribution >= 4 is 16.9 Å². The van der Waals surface area contributed by atoms with Crippen LogP contribution in [0.2, 0.25) is 0 Å². The molecule has 0 aliphatic carbocycles. The van der Waals surface area contributed by atoms with Gasteiger partial charge in [0.05, 0.1) is 19.1 Å². The summed E-state index contributed by atoms with van der Waals surface area (Å²) >= 11 is 0. The second kappa shape index (κ2) is 8.25. The van der Waals surface area contributed by atoms with E-state index in [9.17, 15) is 22.8 Å². The van der Waals surface area contributed by atoms with Crippen LogP contribution in [-0.2, 0) is 17.3 Å². The molecule has 0 saturated heterocycles. The number of ether oxygens (including phenoxy) is 2. The lowest BCUT2D eigenvalue weighted by molar-refractivity contribution is -0.152. The van der Waals surface area contributed by atoms with Crippen LogP contribution in [0.4, 0.5) is 13.2 Å². The van der Waals surface area contributed by atoms with E-state index in [0.29, 0.717) is 17.7 Å². The molecule has 1 aromatic carbocycles. The average Bonchev–Trinajstić information content (AvgIpc) is 3.17. The molecule has 0 amide bonds. The molecule has 0 atom stereocenters. The molecule has 2 aromatic heterocycles. The molecule has 3 aromatic rings. The van der Waals surface area contributed by atoms with Gasteiger partial charge in [-0.25, -0.2) is 4.79 Å². The Morgan fingerprint density at radius 2 is 1.87 bits per heavy atom. The van der Waals surface area contributed by atoms with E-state index in [1.54, 1.807) is 6.92 Å². The molecule has 6 nitrogen and oxygen atoms in total. The van der Waals surface area contributed by atoms with Crippen LogP contribution in [-0.4, -0.2) is 19.7 Å². The van der Waals surface area contributed by atoms with Crippen molar-refractivity contribution in [3.8, 4) is 17.1 Å². The monoisotopic (exact) mass is 424 g/mol. The van der Waals surface area contributed by atoms with Crippen LogP contribution < -0.4 is 10.2 Å². The van der Waals surface area contributed by atoms with Crippen LogP contribution in [0.25, 0.3) is 22.3 Å². The first-order valence-corrected chi connectivity index (χ1v) is 9.23. The highest BCUT2D eigenvalue weighted by atomic mass is 19.4. The highest BCUT2D eigenvalue weighted by Gasteiger charge is 2.40. The van der Waals surface area contributed by atoms with Crippen molar-refractivity contribution in [3.05, 3.63) is 51.6 Å². The predicted octanol–water partition coefficient (Wildman–Crippen LogP) is 5.21. The number of benzene rings is 1. The van der Waals surface area contributed by atoms with Crippen molar-refractivity contribution in [1.82, 2.24) is 0 Å². The van der Waals surface area contributed by atoms with Crippen LogP contribution >= 0.6 is 0 Å². The fourth-order valence-electron chi connectivity index (χ4n) is 3.13. The molecule has 0 spiro atoms. The number of methoxy groups -OCH3 is 1. The fourth-order valence-corrected chi connectivity index (χ4v) is 3.13. The highest BCUT2D eigenvalue weighted by molar-refractivity contribution is 5.88. The van der Waals surface area contributed by atoms with Gasteiger partial charge < -0.3 is 18.3 Å². The molecule has 0 N–H and O–H groups in total. The third-order valence-corrected chi connectivity index (χ3v) is 4.40. The summed E-state index contributed by atoms with van der Waals surface area (Å²) < 4.78 is 61.5. The molecule has 30 heavy (non-hydrogen) atoms. The lowest BCUT2D eigenvalue weighted by atomic mass is 10.0. The molecule has 0 saturated carbocycles. The minimum atomic E-state index is -4.98. The number of halogens is 3. The van der Waals surface area contributed by atoms with Gasteiger partial charge in [-0.15, -0.1) is 0 Å². The minimum Gasteiger partial charge on any atom is -0.496 e. The van der Waals surface area contributed by atoms with E-state index >= 15 is 0 Å². The van der Waals surface area contributed by atoms with E-state index in [-0.39, 0.29) is 23.3 Å². The molecule has 0 aliphatic rings. The number of esters is 1. The smallest absolute Gasteiger partial charge is 0.450 e. The Morgan fingerprint density at radius 1 is 1.13 bits per heavy atom. The van der Waals surface area contributed by atoms with Crippen LogP contribution in [0.5, 0.6) is 5.75 Å². The first kappa shape index (κ1) is 21.5. The summed E-state index contributed by atoms with van der Waals surface area (Å²) in [6, 6.07) is 4.99. The molecule has 0 unspecified atom stereocenters. The van der Waals surface area contributed by atoms with Crippen LogP contribution in [0, 0.1) is 0 Å². The summed E-state index contributed by atoms with van der Waals surface area (Å²) in [4.78, 5) is 24.9. The van der Waals surface area contributed by atoms with Crippen molar-refractivity contribution in [1.29, 1.82) is 0 Å². The number of rotatable bonds is 6. The molecule has 160 valence electrons. The summed E-state index contributed by atoms with van der Waals surface area (Å²) in [6.07, 6.45) is -3.68. The Balaban J connectivity index is 2.30. The van der Waals surface area contributed by atoms with Gasteiger partial charge in [-0.3, -0.25) is 4.79 Å². The maximum absolute atomic E-state index is 13.7. The number of hydrogen-bond acceptors (Lipinski definition) is 6. The quantitative estimate of drug-likeness (QED) is 0.506. The first-order chi connectivity index (χ1) is 14.2. The summed E-state index contributed by atoms with van der Waals surface area (Å²) in [7, 11) is 1.39. The highest BCUT2D eigenvalue weighted by Crippen LogP contribution is 2.39. The van der Waals surface area contributed by atoms with Gasteiger partial charge in [0.2, 0.25) is 16.9 Å². The standard InChI is InChI=1S/C21H19F3O6/c1-4-6-11-9-12-16(10-15(11)27-3)30-19(21(22,23)24)17(18(12)25)13-7-8-14(29-13)20(26)28-5-2/h7-10H,4-6H2,1-3H3. The predicted molar refractivity (Wildman–Crippen MR) is 102 cm³/mol. The topological polar surface area (TPSA) is 78.9 Å². The fraction of sp³-hybridized carbons (Fsp3) is 0.333. The van der Waals surface area contributed by atoms with Crippen molar-refractivity contribution < 1.29 is 36.3 Å². The van der Waals surface area contributed by atoms with Gasteiger partial charge in [0.25, 0.3) is 0 Å². The summed E-state index contributed by atoms with van der Waals surface area (Å²) in [5, 5.41) is -0.0451. The van der Waals surface area contributed by atoms with E-state index in [4.69, 9.17) is 18.3 Å². The Kier molecular flexibility index (Phi) is 5.91. The molecule has 2 heterocycles. The van der Waals surface area contributed by atoms with Gasteiger partial charge in [-0.1, -0.05) is 13.3 Å². The lowest BCUT2D eigenvalue weighted by Gasteiger charge is -2.13. The lowest BCUT2D eigenvalue weighted by Crippen LogP contribution is -2.16. The number of carbonyl (C=O) groups is 1. The number of aryl methyl sites for hydroxylation is 1. The van der Waals surface area contributed by atoms with Gasteiger partial charge >= 0.3 is 12.1 Å². The van der Waals surface area contributed by atoms with Gasteiger partial charge in [-0.2, -0.15) is 13.2 Å². The largest absolute Gasteiger partial charge is 0.496 e. The van der Waals surface area contributed by atoms with Crippen LogP contribution in [0.1, 0.15) is 42.1 Å². The summed E-state index contributed by atoms with van der Waals surface area (Å²) in [6.45, 7) is 3.55. The maximum atomic E-state index is 13.7. The van der Waals surface area contributed by atoms with Gasteiger partial charge in [0.1, 0.15) is 22.7 Å². The first-order valence-electron chi connectivity index (χ1n) is 9.23. The molecular weight excluding hydrogens is 405 g/mol. The van der Waals surface area contributed by atoms with Crippen molar-refractivity contribution in [3.63, 3.8) is 0 Å². The third-order valence-electron chi connectivity index (χ3n) is 4.40. The van der Waals surface area contributed by atoms with Crippen molar-refractivity contribution in [2.75, 3.05) is 13.7 Å². The normalized spacial score (nSPS) is 11.7. The Labute approximate surface area is 169 Å². The molecule has 0 bridgehead atoms. The molecule has 0 fully saturated rings. The van der Waals surface area contributed by atoms with Crippen molar-refractivity contribution in [2.24, 2.45) is 0 Å². The van der Waals surface area contributed by atoms with Crippen LogP contribution in [0.3, 0.4) is 0 Å². The van der Waals surface area contributed by atoms with E-state index in [1.807, 2.05) is 6.92 Å². The second-order valence-electron chi connectivity index (χ2n) is 6.43. The van der Waals surface area contributed by atoms with E-state index in [1.165, 1.54) is 19.2 Å². The Hall–Kier alpha value is -3.23. The molecule has 3 rings (SSSR count). The zero-order chi connectivity index (χ0) is 22.1. The minimum absolute atomic E-state index is 0.0451. The van der Waals surface area contributed by atoms with Crippen LogP contribution in [0.15, 0.2) is 37.9 Å². The zero-order valence-corrected chi connectivity index (χ0v) is 16.5. The SMILES string of the molecule is CCCc1cc2c(=O)c(-c3ccc(C(=O)OCC)o3)c(C(F)(F)F)oc2cc1OC. The van der Waals surface area contributed by atoms with E-state index in [2.05, 4.69) is 0 Å². The van der Waals surface area contributed by atoms with E-state index in [0.717, 1.165) is 18.6 Å². The number of furan rings is 1. The molecule has 9 heteroatoms. The molecule has 0 radical (unpaired) electrons. The molecular formula is C21H19F3O6. The molecule has 0 aliphatic heterocycles. The van der Waals surface area contributed by atoms with Gasteiger partial charge in [0.15, 0.2) is 0 Å². The number of carbonyl (C=O) groups excluding carboxylic acids is 1. The number of hydrogen-bond donors (Lipinski definition) is 0. The van der Waals surface area contributed by atoms with Crippen molar-refractivity contribution in [2.45, 2.75) is 32.9 Å². The Morgan fingerprint density at radius 3 is 2.47 bits per heavy atom. The third kappa shape index (κ3) is 3.92. The van der Waals surface area contributed by atoms with Gasteiger partial charge in [-0.05, 0) is 37.1 Å². The Bertz CT molecular complexity index is 1140. The maximum Gasteiger partial charge on any atom is 0.450 e. The van der Waals surface area contributed by atoms with Gasteiger partial charge in [0, 0.05) is 6.07 Å². The summed E-state index contributed by atoms with van der Waals surface area (Å²) in [5.74, 6) is -2.79. The average molecular weight is 424 g/mol. The number of fused-ring (bicyclic) bond motifs is 1. The number of alkyl halides is 3. The van der Waals surface area contributed by atoms with E-state index < -0.39 is 34.7 Å². The second-order valence-corrected chi connectivity index (χ2v) is 6.43. The zero-order valence-electron chi connectivity index (χ0n) is 16.5.